The Balaban J connectivity index is 2.02. The number of nitro benzene ring substituents is 1. The molecule has 0 aliphatic carbocycles. The van der Waals surface area contributed by atoms with Crippen LogP contribution < -0.4 is 10.6 Å². The van der Waals surface area contributed by atoms with Crippen LogP contribution in [-0.2, 0) is 4.79 Å². The lowest BCUT2D eigenvalue weighted by Crippen LogP contribution is -2.32. The van der Waals surface area contributed by atoms with Crippen molar-refractivity contribution in [3.05, 3.63) is 69.8 Å². The minimum Gasteiger partial charge on any atom is -0.355 e. The number of amides is 2. The Bertz CT molecular complexity index is 853. The number of carbonyl (C=O) groups excluding carboxylic acids is 2. The van der Waals surface area contributed by atoms with Crippen LogP contribution in [0.2, 0.25) is 0 Å². The van der Waals surface area contributed by atoms with Gasteiger partial charge in [-0.2, -0.15) is 0 Å². The maximum absolute atomic E-state index is 12.3. The van der Waals surface area contributed by atoms with Gasteiger partial charge in [-0.3, -0.25) is 24.6 Å². The van der Waals surface area contributed by atoms with Crippen LogP contribution in [0.15, 0.2) is 48.5 Å². The molecule has 2 amide bonds. The van der Waals surface area contributed by atoms with E-state index in [9.17, 15) is 19.7 Å². The van der Waals surface area contributed by atoms with Gasteiger partial charge in [0.15, 0.2) is 0 Å². The van der Waals surface area contributed by atoms with Crippen LogP contribution in [0.1, 0.15) is 28.9 Å². The normalized spacial score (nSPS) is 11.7. The lowest BCUT2D eigenvalue weighted by Gasteiger charge is -2.24. The maximum atomic E-state index is 12.3. The van der Waals surface area contributed by atoms with Gasteiger partial charge in [0.1, 0.15) is 0 Å². The van der Waals surface area contributed by atoms with Gasteiger partial charge < -0.3 is 10.6 Å². The number of benzene rings is 2. The summed E-state index contributed by atoms with van der Waals surface area (Å²) in [7, 11) is 3.31. The molecule has 8 nitrogen and oxygen atoms in total. The molecule has 2 aromatic rings. The fourth-order valence-corrected chi connectivity index (χ4v) is 2.60. The molecule has 1 unspecified atom stereocenters. The molecule has 2 aromatic carbocycles. The van der Waals surface area contributed by atoms with Crippen LogP contribution in [0.25, 0.3) is 0 Å². The van der Waals surface area contributed by atoms with Crippen LogP contribution in [0.5, 0.6) is 0 Å². The van der Waals surface area contributed by atoms with E-state index in [1.54, 1.807) is 48.3 Å². The summed E-state index contributed by atoms with van der Waals surface area (Å²) in [6.07, 6.45) is 0. The summed E-state index contributed by atoms with van der Waals surface area (Å²) < 4.78 is 0. The number of rotatable bonds is 7. The highest BCUT2D eigenvalue weighted by Gasteiger charge is 2.17. The number of likely N-dealkylation sites (N-methyl/N-ethyl adjacent to an activating group) is 1. The maximum Gasteiger partial charge on any atom is 0.269 e. The molecule has 0 fully saturated rings. The van der Waals surface area contributed by atoms with Gasteiger partial charge in [-0.1, -0.05) is 18.2 Å². The van der Waals surface area contributed by atoms with E-state index in [0.29, 0.717) is 11.3 Å². The van der Waals surface area contributed by atoms with E-state index >= 15 is 0 Å². The third-order valence-corrected chi connectivity index (χ3v) is 4.25. The molecule has 0 aliphatic rings. The van der Waals surface area contributed by atoms with Crippen molar-refractivity contribution in [2.24, 2.45) is 0 Å². The van der Waals surface area contributed by atoms with Crippen molar-refractivity contribution in [3.63, 3.8) is 0 Å². The summed E-state index contributed by atoms with van der Waals surface area (Å²) in [5.74, 6) is -0.480. The molecule has 0 spiro atoms. The van der Waals surface area contributed by atoms with E-state index in [2.05, 4.69) is 10.6 Å². The lowest BCUT2D eigenvalue weighted by molar-refractivity contribution is -0.384. The monoisotopic (exact) mass is 370 g/mol. The van der Waals surface area contributed by atoms with Gasteiger partial charge in [0.05, 0.1) is 11.5 Å². The smallest absolute Gasteiger partial charge is 0.269 e. The van der Waals surface area contributed by atoms with Gasteiger partial charge in [0.2, 0.25) is 5.91 Å². The van der Waals surface area contributed by atoms with Crippen LogP contribution in [-0.4, -0.2) is 42.3 Å². The first-order valence-electron chi connectivity index (χ1n) is 8.38. The van der Waals surface area contributed by atoms with E-state index in [4.69, 9.17) is 0 Å². The fraction of sp³-hybridized carbons (Fsp3) is 0.263. The van der Waals surface area contributed by atoms with Crippen molar-refractivity contribution in [1.82, 2.24) is 10.2 Å². The molecular formula is C19H22N4O4. The van der Waals surface area contributed by atoms with Gasteiger partial charge in [0.25, 0.3) is 11.6 Å². The summed E-state index contributed by atoms with van der Waals surface area (Å²) in [6, 6.07) is 12.8. The standard InChI is InChI=1S/C19H22N4O4/c1-13(14-6-5-9-17(11-14)23(26)27)22(3)12-18(24)21-16-8-4-7-15(10-16)19(25)20-2/h4-11,13H,12H2,1-3H3,(H,20,25)(H,21,24). The van der Waals surface area contributed by atoms with Crippen molar-refractivity contribution >= 4 is 23.2 Å². The molecule has 2 N–H and O–H groups in total. The van der Waals surface area contributed by atoms with Crippen molar-refractivity contribution in [1.29, 1.82) is 0 Å². The highest BCUT2D eigenvalue weighted by atomic mass is 16.6. The number of non-ortho nitro benzene ring substituents is 1. The zero-order valence-electron chi connectivity index (χ0n) is 15.4. The SMILES string of the molecule is CNC(=O)c1cccc(NC(=O)CN(C)C(C)c2cccc([N+](=O)[O-])c2)c1. The minimum absolute atomic E-state index is 0.0169. The number of hydrogen-bond donors (Lipinski definition) is 2. The number of carbonyl (C=O) groups is 2. The highest BCUT2D eigenvalue weighted by molar-refractivity contribution is 5.97. The van der Waals surface area contributed by atoms with E-state index in [-0.39, 0.29) is 30.1 Å². The second-order valence-corrected chi connectivity index (χ2v) is 6.15. The first-order valence-corrected chi connectivity index (χ1v) is 8.38. The molecule has 0 saturated carbocycles. The Morgan fingerprint density at radius 3 is 2.56 bits per heavy atom. The Hall–Kier alpha value is -3.26. The van der Waals surface area contributed by atoms with Gasteiger partial charge >= 0.3 is 0 Å². The summed E-state index contributed by atoms with van der Waals surface area (Å²) in [5, 5.41) is 16.2. The molecule has 27 heavy (non-hydrogen) atoms. The number of hydrogen-bond acceptors (Lipinski definition) is 5. The molecule has 0 radical (unpaired) electrons. The Labute approximate surface area is 157 Å². The van der Waals surface area contributed by atoms with Gasteiger partial charge in [0, 0.05) is 36.5 Å². The number of nitrogens with zero attached hydrogens (tertiary/aromatic N) is 2. The summed E-state index contributed by atoms with van der Waals surface area (Å²) >= 11 is 0. The van der Waals surface area contributed by atoms with Crippen LogP contribution in [0.4, 0.5) is 11.4 Å². The molecule has 0 saturated heterocycles. The molecule has 0 aromatic heterocycles. The average molecular weight is 370 g/mol. The predicted molar refractivity (Wildman–Crippen MR) is 103 cm³/mol. The van der Waals surface area contributed by atoms with Crippen LogP contribution >= 0.6 is 0 Å². The van der Waals surface area contributed by atoms with E-state index in [1.165, 1.54) is 19.2 Å². The van der Waals surface area contributed by atoms with Crippen molar-refractivity contribution < 1.29 is 14.5 Å². The zero-order valence-corrected chi connectivity index (χ0v) is 15.4. The highest BCUT2D eigenvalue weighted by Crippen LogP contribution is 2.23. The second-order valence-electron chi connectivity index (χ2n) is 6.15. The van der Waals surface area contributed by atoms with Gasteiger partial charge in [-0.15, -0.1) is 0 Å². The summed E-state index contributed by atoms with van der Waals surface area (Å²) in [6.45, 7) is 1.96. The van der Waals surface area contributed by atoms with Crippen molar-refractivity contribution in [2.75, 3.05) is 26.0 Å². The van der Waals surface area contributed by atoms with E-state index < -0.39 is 4.92 Å². The fourth-order valence-electron chi connectivity index (χ4n) is 2.60. The van der Waals surface area contributed by atoms with Gasteiger partial charge in [-0.25, -0.2) is 0 Å². The Morgan fingerprint density at radius 2 is 1.89 bits per heavy atom. The molecule has 2 rings (SSSR count). The first kappa shape index (κ1) is 20.1. The number of anilines is 1. The number of nitro groups is 1. The first-order chi connectivity index (χ1) is 12.8. The molecule has 0 aliphatic heterocycles. The largest absolute Gasteiger partial charge is 0.355 e. The van der Waals surface area contributed by atoms with E-state index in [0.717, 1.165) is 5.56 Å². The molecular weight excluding hydrogens is 348 g/mol. The zero-order chi connectivity index (χ0) is 20.0. The quantitative estimate of drug-likeness (QED) is 0.576. The predicted octanol–water partition coefficient (Wildman–Crippen LogP) is 2.59. The van der Waals surface area contributed by atoms with Crippen molar-refractivity contribution in [3.8, 4) is 0 Å². The number of nitrogens with one attached hydrogen (secondary N) is 2. The molecule has 0 bridgehead atoms. The summed E-state index contributed by atoms with van der Waals surface area (Å²) in [5.41, 5.74) is 1.75. The van der Waals surface area contributed by atoms with E-state index in [1.807, 2.05) is 6.92 Å². The lowest BCUT2D eigenvalue weighted by atomic mass is 10.1. The third kappa shape index (κ3) is 5.35. The van der Waals surface area contributed by atoms with Crippen LogP contribution in [0, 0.1) is 10.1 Å². The third-order valence-electron chi connectivity index (χ3n) is 4.25. The molecule has 0 heterocycles. The molecule has 1 atom stereocenters. The van der Waals surface area contributed by atoms with Crippen molar-refractivity contribution in [2.45, 2.75) is 13.0 Å². The Morgan fingerprint density at radius 1 is 1.19 bits per heavy atom. The van der Waals surface area contributed by atoms with Crippen LogP contribution in [0.3, 0.4) is 0 Å². The topological polar surface area (TPSA) is 105 Å². The second kappa shape index (κ2) is 8.91. The van der Waals surface area contributed by atoms with Gasteiger partial charge in [-0.05, 0) is 37.7 Å². The minimum atomic E-state index is -0.442. The Kier molecular flexibility index (Phi) is 6.62. The summed E-state index contributed by atoms with van der Waals surface area (Å²) in [4.78, 5) is 36.3. The average Bonchev–Trinajstić information content (AvgIpc) is 2.66. The molecule has 8 heteroatoms. The molecule has 142 valence electrons.